The van der Waals surface area contributed by atoms with Crippen molar-refractivity contribution in [2.45, 2.75) is 31.0 Å². The molecule has 0 aromatic carbocycles. The smallest absolute Gasteiger partial charge is 0.225 e. The van der Waals surface area contributed by atoms with E-state index in [9.17, 15) is 5.11 Å². The van der Waals surface area contributed by atoms with Gasteiger partial charge in [-0.05, 0) is 18.4 Å². The van der Waals surface area contributed by atoms with E-state index >= 15 is 0 Å². The number of aromatic nitrogens is 2. The number of nitrogens with zero attached hydrogens (tertiary/aromatic N) is 3. The third-order valence-corrected chi connectivity index (χ3v) is 4.85. The van der Waals surface area contributed by atoms with Crippen LogP contribution >= 0.6 is 0 Å². The molecule has 0 amide bonds. The van der Waals surface area contributed by atoms with Crippen LogP contribution in [0.3, 0.4) is 0 Å². The molecule has 3 fully saturated rings. The first kappa shape index (κ1) is 10.7. The summed E-state index contributed by atoms with van der Waals surface area (Å²) in [6.45, 7) is 4.20. The lowest BCUT2D eigenvalue weighted by molar-refractivity contribution is -0.372. The van der Waals surface area contributed by atoms with E-state index in [-0.39, 0.29) is 5.60 Å². The largest absolute Gasteiger partial charge is 0.384 e. The Balaban J connectivity index is 1.57. The topological polar surface area (TPSA) is 58.5 Å². The summed E-state index contributed by atoms with van der Waals surface area (Å²) >= 11 is 0. The van der Waals surface area contributed by atoms with Gasteiger partial charge < -0.3 is 14.7 Å². The van der Waals surface area contributed by atoms with Crippen LogP contribution < -0.4 is 4.90 Å². The number of hydrogen-bond acceptors (Lipinski definition) is 5. The maximum atomic E-state index is 10.3. The number of aliphatic hydroxyl groups is 1. The van der Waals surface area contributed by atoms with Crippen LogP contribution in [-0.4, -0.2) is 46.0 Å². The van der Waals surface area contributed by atoms with Crippen molar-refractivity contribution in [1.29, 1.82) is 0 Å². The van der Waals surface area contributed by atoms with Gasteiger partial charge in [-0.3, -0.25) is 0 Å². The summed E-state index contributed by atoms with van der Waals surface area (Å²) in [5.41, 5.74) is 0.255. The molecule has 3 unspecified atom stereocenters. The molecule has 4 rings (SSSR count). The van der Waals surface area contributed by atoms with Gasteiger partial charge in [0.05, 0.1) is 13.2 Å². The molecule has 2 saturated heterocycles. The summed E-state index contributed by atoms with van der Waals surface area (Å²) in [4.78, 5) is 11.0. The molecule has 96 valence electrons. The number of rotatable bonds is 2. The first-order valence-corrected chi connectivity index (χ1v) is 6.59. The Morgan fingerprint density at radius 3 is 2.78 bits per heavy atom. The molecule has 1 aromatic rings. The molecule has 3 aliphatic rings. The zero-order valence-corrected chi connectivity index (χ0v) is 10.5. The van der Waals surface area contributed by atoms with E-state index < -0.39 is 5.60 Å². The summed E-state index contributed by atoms with van der Waals surface area (Å²) in [5.74, 6) is 1.19. The molecule has 0 radical (unpaired) electrons. The Hall–Kier alpha value is -1.20. The molecule has 2 aliphatic heterocycles. The lowest BCUT2D eigenvalue weighted by atomic mass is 9.56. The molecule has 3 heterocycles. The van der Waals surface area contributed by atoms with Crippen LogP contribution in [0.2, 0.25) is 0 Å². The van der Waals surface area contributed by atoms with Gasteiger partial charge in [-0.1, -0.05) is 6.92 Å². The van der Waals surface area contributed by atoms with Crippen LogP contribution in [0.15, 0.2) is 12.4 Å². The minimum atomic E-state index is -0.574. The van der Waals surface area contributed by atoms with Crippen molar-refractivity contribution in [3.05, 3.63) is 18.0 Å². The van der Waals surface area contributed by atoms with E-state index in [1.807, 2.05) is 12.4 Å². The van der Waals surface area contributed by atoms with Gasteiger partial charge in [0.15, 0.2) is 0 Å². The van der Waals surface area contributed by atoms with Gasteiger partial charge >= 0.3 is 0 Å². The fourth-order valence-electron chi connectivity index (χ4n) is 3.59. The second kappa shape index (κ2) is 3.22. The Kier molecular flexibility index (Phi) is 1.91. The van der Waals surface area contributed by atoms with Crippen LogP contribution in [0.25, 0.3) is 0 Å². The molecular weight excluding hydrogens is 230 g/mol. The molecule has 1 N–H and O–H groups in total. The first-order valence-electron chi connectivity index (χ1n) is 6.59. The van der Waals surface area contributed by atoms with Gasteiger partial charge in [-0.2, -0.15) is 0 Å². The minimum absolute atomic E-state index is 0.320. The second-order valence-corrected chi connectivity index (χ2v) is 5.74. The van der Waals surface area contributed by atoms with Crippen molar-refractivity contribution in [3.63, 3.8) is 0 Å². The molecular formula is C13H17N3O2. The third kappa shape index (κ3) is 1.09. The zero-order chi connectivity index (χ0) is 12.4. The minimum Gasteiger partial charge on any atom is -0.384 e. The van der Waals surface area contributed by atoms with Gasteiger partial charge in [0.25, 0.3) is 0 Å². The SMILES string of the molecule is CCc1cnc(N2CC3CC4(O)COC34C2)nc1. The van der Waals surface area contributed by atoms with E-state index in [4.69, 9.17) is 4.74 Å². The van der Waals surface area contributed by atoms with Crippen LogP contribution in [0.1, 0.15) is 18.9 Å². The molecule has 1 aromatic heterocycles. The highest BCUT2D eigenvalue weighted by Crippen LogP contribution is 2.60. The monoisotopic (exact) mass is 247 g/mol. The average molecular weight is 247 g/mol. The van der Waals surface area contributed by atoms with Crippen LogP contribution in [-0.2, 0) is 11.2 Å². The van der Waals surface area contributed by atoms with E-state index in [1.165, 1.54) is 0 Å². The fourth-order valence-corrected chi connectivity index (χ4v) is 3.59. The number of aryl methyl sites for hydroxylation is 1. The van der Waals surface area contributed by atoms with Gasteiger partial charge in [0.2, 0.25) is 5.95 Å². The molecule has 0 bridgehead atoms. The molecule has 1 saturated carbocycles. The Morgan fingerprint density at radius 2 is 2.28 bits per heavy atom. The first-order chi connectivity index (χ1) is 8.67. The number of ether oxygens (including phenoxy) is 1. The highest BCUT2D eigenvalue weighted by molar-refractivity contribution is 5.41. The predicted octanol–water partition coefficient (Wildman–Crippen LogP) is 0.379. The highest BCUT2D eigenvalue weighted by Gasteiger charge is 2.76. The van der Waals surface area contributed by atoms with E-state index in [0.717, 1.165) is 37.4 Å². The highest BCUT2D eigenvalue weighted by atomic mass is 16.6. The van der Waals surface area contributed by atoms with Crippen molar-refractivity contribution in [3.8, 4) is 0 Å². The molecule has 5 heteroatoms. The Bertz CT molecular complexity index is 492. The number of hydrogen-bond donors (Lipinski definition) is 1. The van der Waals surface area contributed by atoms with Crippen LogP contribution in [0, 0.1) is 5.92 Å². The normalized spacial score (nSPS) is 40.8. The standard InChI is InChI=1S/C13H17N3O2/c1-2-9-4-14-11(15-5-9)16-6-10-3-12(17)8-18-13(10,12)7-16/h4-5,10,17H,2-3,6-8H2,1H3. The summed E-state index contributed by atoms with van der Waals surface area (Å²) in [6.07, 6.45) is 5.58. The second-order valence-electron chi connectivity index (χ2n) is 5.74. The molecule has 5 nitrogen and oxygen atoms in total. The van der Waals surface area contributed by atoms with Gasteiger partial charge in [0.1, 0.15) is 11.2 Å². The average Bonchev–Trinajstić information content (AvgIpc) is 2.77. The van der Waals surface area contributed by atoms with Crippen LogP contribution in [0.4, 0.5) is 5.95 Å². The van der Waals surface area contributed by atoms with Crippen molar-refractivity contribution >= 4 is 5.95 Å². The molecule has 1 aliphatic carbocycles. The van der Waals surface area contributed by atoms with E-state index in [2.05, 4.69) is 21.8 Å². The zero-order valence-electron chi connectivity index (χ0n) is 10.5. The maximum absolute atomic E-state index is 10.3. The summed E-state index contributed by atoms with van der Waals surface area (Å²) < 4.78 is 5.69. The van der Waals surface area contributed by atoms with Crippen LogP contribution in [0.5, 0.6) is 0 Å². The van der Waals surface area contributed by atoms with Crippen molar-refractivity contribution < 1.29 is 9.84 Å². The Labute approximate surface area is 106 Å². The summed E-state index contributed by atoms with van der Waals surface area (Å²) in [6, 6.07) is 0. The molecule has 18 heavy (non-hydrogen) atoms. The lowest BCUT2D eigenvalue weighted by Crippen LogP contribution is -2.80. The lowest BCUT2D eigenvalue weighted by Gasteiger charge is -2.65. The predicted molar refractivity (Wildman–Crippen MR) is 65.4 cm³/mol. The molecule has 3 atom stereocenters. The van der Waals surface area contributed by atoms with Crippen molar-refractivity contribution in [2.24, 2.45) is 5.92 Å². The van der Waals surface area contributed by atoms with Gasteiger partial charge in [-0.15, -0.1) is 0 Å². The number of anilines is 1. The molecule has 1 spiro atoms. The third-order valence-electron chi connectivity index (χ3n) is 4.85. The summed E-state index contributed by atoms with van der Waals surface area (Å²) in [7, 11) is 0. The maximum Gasteiger partial charge on any atom is 0.225 e. The summed E-state index contributed by atoms with van der Waals surface area (Å²) in [5, 5.41) is 10.3. The van der Waals surface area contributed by atoms with Gasteiger partial charge in [0, 0.05) is 24.9 Å². The van der Waals surface area contributed by atoms with E-state index in [1.54, 1.807) is 0 Å². The van der Waals surface area contributed by atoms with Crippen molar-refractivity contribution in [2.75, 3.05) is 24.6 Å². The Morgan fingerprint density at radius 1 is 1.50 bits per heavy atom. The fraction of sp³-hybridized carbons (Fsp3) is 0.692. The van der Waals surface area contributed by atoms with Gasteiger partial charge in [-0.25, -0.2) is 9.97 Å². The van der Waals surface area contributed by atoms with E-state index in [0.29, 0.717) is 12.5 Å². The van der Waals surface area contributed by atoms with Crippen molar-refractivity contribution in [1.82, 2.24) is 9.97 Å². The quantitative estimate of drug-likeness (QED) is 0.818.